The van der Waals surface area contributed by atoms with Crippen LogP contribution in [0.25, 0.3) is 0 Å². The van der Waals surface area contributed by atoms with E-state index in [0.29, 0.717) is 18.8 Å². The summed E-state index contributed by atoms with van der Waals surface area (Å²) in [4.78, 5) is 22.6. The molecule has 0 radical (unpaired) electrons. The quantitative estimate of drug-likeness (QED) is 0.852. The van der Waals surface area contributed by atoms with Crippen molar-refractivity contribution < 1.29 is 4.74 Å². The molecular weight excluding hydrogens is 254 g/mol. The molecule has 108 valence electrons. The van der Waals surface area contributed by atoms with Gasteiger partial charge in [-0.05, 0) is 19.4 Å². The van der Waals surface area contributed by atoms with Crippen LogP contribution >= 0.6 is 0 Å². The zero-order valence-corrected chi connectivity index (χ0v) is 12.4. The fraction of sp³-hybridized carbons (Fsp3) is 0.375. The highest BCUT2D eigenvalue weighted by Crippen LogP contribution is 2.18. The molecule has 0 aliphatic rings. The van der Waals surface area contributed by atoms with Crippen molar-refractivity contribution in [2.45, 2.75) is 34.2 Å². The topological polar surface area (TPSA) is 55.4 Å². The van der Waals surface area contributed by atoms with Crippen LogP contribution in [0.5, 0.6) is 5.75 Å². The molecule has 0 aliphatic carbocycles. The molecule has 0 saturated carbocycles. The van der Waals surface area contributed by atoms with Crippen molar-refractivity contribution >= 4 is 5.69 Å². The van der Waals surface area contributed by atoms with Gasteiger partial charge in [0.2, 0.25) is 0 Å². The molecule has 4 heteroatoms. The van der Waals surface area contributed by atoms with Gasteiger partial charge in [-0.1, -0.05) is 43.7 Å². The van der Waals surface area contributed by atoms with Gasteiger partial charge < -0.3 is 10.1 Å². The fourth-order valence-electron chi connectivity index (χ4n) is 1.71. The normalized spacial score (nSPS) is 9.80. The third-order valence-electron chi connectivity index (χ3n) is 2.75. The number of aryl methyl sites for hydroxylation is 1. The van der Waals surface area contributed by atoms with Crippen molar-refractivity contribution in [2.24, 2.45) is 0 Å². The van der Waals surface area contributed by atoms with Gasteiger partial charge in [0, 0.05) is 6.54 Å². The maximum absolute atomic E-state index is 11.4. The molecule has 0 bridgehead atoms. The number of benzene rings is 1. The van der Waals surface area contributed by atoms with Crippen molar-refractivity contribution in [3.05, 3.63) is 55.8 Å². The Morgan fingerprint density at radius 1 is 1.05 bits per heavy atom. The van der Waals surface area contributed by atoms with Crippen LogP contribution in [0, 0.1) is 6.92 Å². The SMILES string of the molecule is CC.CCOc1c(NCc2ccc(C)cc2)c(=O)c1=O. The summed E-state index contributed by atoms with van der Waals surface area (Å²) in [6.07, 6.45) is 0. The second kappa shape index (κ2) is 7.48. The molecule has 2 aromatic rings. The van der Waals surface area contributed by atoms with E-state index >= 15 is 0 Å². The van der Waals surface area contributed by atoms with Crippen LogP contribution in [-0.4, -0.2) is 6.61 Å². The molecule has 2 aromatic carbocycles. The molecule has 0 saturated heterocycles. The van der Waals surface area contributed by atoms with Gasteiger partial charge in [0.05, 0.1) is 6.61 Å². The number of ether oxygens (including phenoxy) is 1. The number of nitrogens with one attached hydrogen (secondary N) is 1. The predicted octanol–water partition coefficient (Wildman–Crippen LogP) is 2.63. The Labute approximate surface area is 119 Å². The van der Waals surface area contributed by atoms with E-state index < -0.39 is 10.9 Å². The van der Waals surface area contributed by atoms with Crippen molar-refractivity contribution in [1.82, 2.24) is 0 Å². The second-order valence-corrected chi connectivity index (χ2v) is 4.13. The number of hydrogen-bond acceptors (Lipinski definition) is 4. The Hall–Kier alpha value is -2.10. The maximum atomic E-state index is 11.4. The number of anilines is 1. The molecule has 0 atom stereocenters. The van der Waals surface area contributed by atoms with E-state index in [4.69, 9.17) is 4.74 Å². The Kier molecular flexibility index (Phi) is 5.97. The molecule has 0 fully saturated rings. The van der Waals surface area contributed by atoms with Crippen molar-refractivity contribution in [3.8, 4) is 5.75 Å². The largest absolute Gasteiger partial charge is 0.488 e. The summed E-state index contributed by atoms with van der Waals surface area (Å²) in [5.41, 5.74) is 1.50. The van der Waals surface area contributed by atoms with E-state index in [0.717, 1.165) is 5.56 Å². The highest BCUT2D eigenvalue weighted by Gasteiger charge is 2.21. The van der Waals surface area contributed by atoms with E-state index in [1.54, 1.807) is 6.92 Å². The van der Waals surface area contributed by atoms with Gasteiger partial charge in [0.15, 0.2) is 5.75 Å². The van der Waals surface area contributed by atoms with Crippen LogP contribution in [-0.2, 0) is 6.54 Å². The lowest BCUT2D eigenvalue weighted by Crippen LogP contribution is -2.35. The summed E-state index contributed by atoms with van der Waals surface area (Å²) in [6.45, 7) is 8.68. The first-order valence-electron chi connectivity index (χ1n) is 6.89. The predicted molar refractivity (Wildman–Crippen MR) is 82.4 cm³/mol. The minimum absolute atomic E-state index is 0.162. The summed E-state index contributed by atoms with van der Waals surface area (Å²) in [6, 6.07) is 7.97. The molecule has 20 heavy (non-hydrogen) atoms. The molecule has 0 amide bonds. The van der Waals surface area contributed by atoms with E-state index in [9.17, 15) is 9.59 Å². The highest BCUT2D eigenvalue weighted by atomic mass is 16.5. The average Bonchev–Trinajstić information content (AvgIpc) is 2.50. The third-order valence-corrected chi connectivity index (χ3v) is 2.75. The molecule has 2 rings (SSSR count). The smallest absolute Gasteiger partial charge is 0.272 e. The number of rotatable bonds is 5. The lowest BCUT2D eigenvalue weighted by molar-refractivity contribution is 0.334. The fourth-order valence-corrected chi connectivity index (χ4v) is 1.71. The molecule has 0 spiro atoms. The summed E-state index contributed by atoms with van der Waals surface area (Å²) in [7, 11) is 0. The Bertz CT molecular complexity index is 607. The van der Waals surface area contributed by atoms with Crippen LogP contribution in [0.3, 0.4) is 0 Å². The monoisotopic (exact) mass is 275 g/mol. The van der Waals surface area contributed by atoms with Crippen molar-refractivity contribution in [3.63, 3.8) is 0 Å². The van der Waals surface area contributed by atoms with Gasteiger partial charge in [-0.25, -0.2) is 0 Å². The van der Waals surface area contributed by atoms with E-state index in [1.807, 2.05) is 45.0 Å². The number of hydrogen-bond donors (Lipinski definition) is 1. The van der Waals surface area contributed by atoms with Crippen molar-refractivity contribution in [1.29, 1.82) is 0 Å². The van der Waals surface area contributed by atoms with Gasteiger partial charge in [0.25, 0.3) is 10.9 Å². The molecule has 4 nitrogen and oxygen atoms in total. The molecule has 0 aromatic heterocycles. The first kappa shape index (κ1) is 16.0. The average molecular weight is 275 g/mol. The third kappa shape index (κ3) is 3.47. The van der Waals surface area contributed by atoms with Crippen LogP contribution in [0.4, 0.5) is 5.69 Å². The minimum atomic E-state index is -0.539. The van der Waals surface area contributed by atoms with Gasteiger partial charge in [-0.3, -0.25) is 9.59 Å². The standard InChI is InChI=1S/C14H15NO3.C2H6/c1-3-18-14-11(12(16)13(14)17)15-8-10-6-4-9(2)5-7-10;1-2/h4-7,15H,3,8H2,1-2H3;1-2H3. The van der Waals surface area contributed by atoms with E-state index in [1.165, 1.54) is 5.56 Å². The zero-order chi connectivity index (χ0) is 15.1. The van der Waals surface area contributed by atoms with E-state index in [-0.39, 0.29) is 5.75 Å². The highest BCUT2D eigenvalue weighted by molar-refractivity contribution is 5.61. The lowest BCUT2D eigenvalue weighted by Gasteiger charge is -2.13. The maximum Gasteiger partial charge on any atom is 0.272 e. The zero-order valence-electron chi connectivity index (χ0n) is 12.4. The van der Waals surface area contributed by atoms with E-state index in [2.05, 4.69) is 5.32 Å². The molecule has 0 unspecified atom stereocenters. The lowest BCUT2D eigenvalue weighted by atomic mass is 10.1. The second-order valence-electron chi connectivity index (χ2n) is 4.13. The molecule has 1 N–H and O–H groups in total. The Balaban J connectivity index is 0.000000956. The van der Waals surface area contributed by atoms with Gasteiger partial charge in [0.1, 0.15) is 5.69 Å². The van der Waals surface area contributed by atoms with Crippen LogP contribution in [0.15, 0.2) is 33.9 Å². The first-order valence-corrected chi connectivity index (χ1v) is 6.89. The minimum Gasteiger partial charge on any atom is -0.488 e. The van der Waals surface area contributed by atoms with Crippen LogP contribution < -0.4 is 20.9 Å². The van der Waals surface area contributed by atoms with Gasteiger partial charge in [-0.15, -0.1) is 0 Å². The first-order chi connectivity index (χ1) is 9.63. The van der Waals surface area contributed by atoms with Gasteiger partial charge in [-0.2, -0.15) is 0 Å². The van der Waals surface area contributed by atoms with Crippen LogP contribution in [0.1, 0.15) is 31.9 Å². The summed E-state index contributed by atoms with van der Waals surface area (Å²) in [5, 5.41) is 2.95. The summed E-state index contributed by atoms with van der Waals surface area (Å²) >= 11 is 0. The molecule has 0 aliphatic heterocycles. The van der Waals surface area contributed by atoms with Crippen LogP contribution in [0.2, 0.25) is 0 Å². The van der Waals surface area contributed by atoms with Crippen molar-refractivity contribution in [2.75, 3.05) is 11.9 Å². The Morgan fingerprint density at radius 3 is 2.20 bits per heavy atom. The molecular formula is C16H21NO3. The summed E-state index contributed by atoms with van der Waals surface area (Å²) < 4.78 is 5.13. The molecule has 0 heterocycles. The van der Waals surface area contributed by atoms with Gasteiger partial charge >= 0.3 is 0 Å². The summed E-state index contributed by atoms with van der Waals surface area (Å²) in [5.74, 6) is 0.162. The Morgan fingerprint density at radius 2 is 1.65 bits per heavy atom.